The molecule has 0 aliphatic carbocycles. The molecule has 1 heterocycles. The zero-order chi connectivity index (χ0) is 16.9. The summed E-state index contributed by atoms with van der Waals surface area (Å²) in [6.07, 6.45) is 0. The fourth-order valence-electron chi connectivity index (χ4n) is 1.96. The van der Waals surface area contributed by atoms with Gasteiger partial charge >= 0.3 is 0 Å². The Balaban J connectivity index is 1.70. The van der Waals surface area contributed by atoms with Gasteiger partial charge in [0.2, 0.25) is 5.89 Å². The predicted octanol–water partition coefficient (Wildman–Crippen LogP) is 3.81. The number of aromatic nitrogens is 2. The van der Waals surface area contributed by atoms with Crippen molar-refractivity contribution in [2.75, 3.05) is 0 Å². The summed E-state index contributed by atoms with van der Waals surface area (Å²) >= 11 is 1.36. The molecule has 1 aromatic heterocycles. The summed E-state index contributed by atoms with van der Waals surface area (Å²) in [5.74, 6) is 0.850. The van der Waals surface area contributed by atoms with E-state index < -0.39 is 4.92 Å². The number of nitro groups is 1. The topological polar surface area (TPSA) is 106 Å². The Morgan fingerprint density at radius 2 is 2.00 bits per heavy atom. The van der Waals surface area contributed by atoms with Crippen molar-refractivity contribution in [3.63, 3.8) is 0 Å². The molecule has 0 N–H and O–H groups in total. The van der Waals surface area contributed by atoms with Crippen LogP contribution in [0.25, 0.3) is 11.5 Å². The van der Waals surface area contributed by atoms with E-state index in [0.717, 1.165) is 5.56 Å². The lowest BCUT2D eigenvalue weighted by Gasteiger charge is -1.98. The van der Waals surface area contributed by atoms with E-state index in [-0.39, 0.29) is 11.6 Å². The van der Waals surface area contributed by atoms with Gasteiger partial charge < -0.3 is 4.42 Å². The van der Waals surface area contributed by atoms with Crippen LogP contribution in [0.3, 0.4) is 0 Å². The number of nitriles is 1. The zero-order valence-corrected chi connectivity index (χ0v) is 13.1. The van der Waals surface area contributed by atoms with Crippen molar-refractivity contribution < 1.29 is 9.34 Å². The second-order valence-corrected chi connectivity index (χ2v) is 5.70. The number of hydrogen-bond donors (Lipinski definition) is 0. The van der Waals surface area contributed by atoms with Gasteiger partial charge in [0, 0.05) is 23.4 Å². The third-order valence-corrected chi connectivity index (χ3v) is 4.05. The summed E-state index contributed by atoms with van der Waals surface area (Å²) < 4.78 is 5.54. The molecule has 3 aromatic rings. The highest BCUT2D eigenvalue weighted by molar-refractivity contribution is 7.98. The molecule has 8 heteroatoms. The SMILES string of the molecule is N#Cc1ccc(CSc2nnc(-c3cccc([N+](=O)[O-])c3)o2)cc1. The maximum atomic E-state index is 10.8. The molecule has 118 valence electrons. The molecule has 0 bridgehead atoms. The summed E-state index contributed by atoms with van der Waals surface area (Å²) in [5.41, 5.74) is 2.10. The highest BCUT2D eigenvalue weighted by Gasteiger charge is 2.13. The Labute approximate surface area is 141 Å². The highest BCUT2D eigenvalue weighted by atomic mass is 32.2. The average molecular weight is 338 g/mol. The number of nitrogens with zero attached hydrogens (tertiary/aromatic N) is 4. The molecular formula is C16H10N4O3S. The average Bonchev–Trinajstić information content (AvgIpc) is 3.09. The fourth-order valence-corrected chi connectivity index (χ4v) is 2.68. The van der Waals surface area contributed by atoms with E-state index in [4.69, 9.17) is 9.68 Å². The van der Waals surface area contributed by atoms with Crippen LogP contribution in [0.4, 0.5) is 5.69 Å². The van der Waals surface area contributed by atoms with Gasteiger partial charge in [0.1, 0.15) is 0 Å². The first kappa shape index (κ1) is 15.7. The van der Waals surface area contributed by atoms with E-state index in [9.17, 15) is 10.1 Å². The molecule has 0 fully saturated rings. The molecule has 2 aromatic carbocycles. The molecule has 0 saturated heterocycles. The molecule has 0 spiro atoms. The van der Waals surface area contributed by atoms with Crippen molar-refractivity contribution in [1.82, 2.24) is 10.2 Å². The van der Waals surface area contributed by atoms with Gasteiger partial charge in [0.15, 0.2) is 0 Å². The normalized spacial score (nSPS) is 10.3. The van der Waals surface area contributed by atoms with Crippen LogP contribution in [0.2, 0.25) is 0 Å². The third kappa shape index (κ3) is 3.59. The molecule has 3 rings (SSSR count). The Morgan fingerprint density at radius 3 is 2.71 bits per heavy atom. The van der Waals surface area contributed by atoms with Crippen LogP contribution in [0.5, 0.6) is 0 Å². The lowest BCUT2D eigenvalue weighted by atomic mass is 10.2. The fraction of sp³-hybridized carbons (Fsp3) is 0.0625. The van der Waals surface area contributed by atoms with Gasteiger partial charge in [0.25, 0.3) is 10.9 Å². The lowest BCUT2D eigenvalue weighted by molar-refractivity contribution is -0.384. The quantitative estimate of drug-likeness (QED) is 0.395. The molecule has 0 aliphatic heterocycles. The van der Waals surface area contributed by atoms with Gasteiger partial charge in [-0.3, -0.25) is 10.1 Å². The van der Waals surface area contributed by atoms with Crippen LogP contribution in [-0.2, 0) is 5.75 Å². The van der Waals surface area contributed by atoms with Crippen LogP contribution >= 0.6 is 11.8 Å². The minimum Gasteiger partial charge on any atom is -0.411 e. The summed E-state index contributed by atoms with van der Waals surface area (Å²) in [5, 5.41) is 27.8. The van der Waals surface area contributed by atoms with Crippen molar-refractivity contribution in [3.8, 4) is 17.5 Å². The first-order valence-electron chi connectivity index (χ1n) is 6.86. The smallest absolute Gasteiger partial charge is 0.277 e. The highest BCUT2D eigenvalue weighted by Crippen LogP contribution is 2.27. The second kappa shape index (κ2) is 6.93. The van der Waals surface area contributed by atoms with Crippen molar-refractivity contribution in [2.24, 2.45) is 0 Å². The molecule has 0 atom stereocenters. The van der Waals surface area contributed by atoms with E-state index in [1.165, 1.54) is 23.9 Å². The van der Waals surface area contributed by atoms with Gasteiger partial charge in [-0.25, -0.2) is 0 Å². The van der Waals surface area contributed by atoms with E-state index in [0.29, 0.717) is 22.1 Å². The zero-order valence-electron chi connectivity index (χ0n) is 12.2. The van der Waals surface area contributed by atoms with Crippen LogP contribution in [-0.4, -0.2) is 15.1 Å². The summed E-state index contributed by atoms with van der Waals surface area (Å²) in [6.45, 7) is 0. The number of hydrogen-bond acceptors (Lipinski definition) is 7. The van der Waals surface area contributed by atoms with Crippen LogP contribution in [0, 0.1) is 21.4 Å². The van der Waals surface area contributed by atoms with Crippen LogP contribution < -0.4 is 0 Å². The van der Waals surface area contributed by atoms with Crippen molar-refractivity contribution >= 4 is 17.4 Å². The maximum absolute atomic E-state index is 10.8. The first-order valence-corrected chi connectivity index (χ1v) is 7.84. The first-order chi connectivity index (χ1) is 11.7. The number of benzene rings is 2. The van der Waals surface area contributed by atoms with Crippen molar-refractivity contribution in [1.29, 1.82) is 5.26 Å². The number of non-ortho nitro benzene ring substituents is 1. The second-order valence-electron chi connectivity index (χ2n) is 4.78. The number of rotatable bonds is 5. The van der Waals surface area contributed by atoms with E-state index in [1.54, 1.807) is 24.3 Å². The molecule has 7 nitrogen and oxygen atoms in total. The van der Waals surface area contributed by atoms with E-state index >= 15 is 0 Å². The maximum Gasteiger partial charge on any atom is 0.277 e. The van der Waals surface area contributed by atoms with E-state index in [1.807, 2.05) is 12.1 Å². The van der Waals surface area contributed by atoms with Gasteiger partial charge in [-0.05, 0) is 23.8 Å². The van der Waals surface area contributed by atoms with Gasteiger partial charge in [-0.1, -0.05) is 30.0 Å². The monoisotopic (exact) mass is 338 g/mol. The molecular weight excluding hydrogens is 328 g/mol. The van der Waals surface area contributed by atoms with Crippen LogP contribution in [0.15, 0.2) is 58.2 Å². The van der Waals surface area contributed by atoms with Crippen LogP contribution in [0.1, 0.15) is 11.1 Å². The molecule has 0 amide bonds. The van der Waals surface area contributed by atoms with E-state index in [2.05, 4.69) is 16.3 Å². The Bertz CT molecular complexity index is 916. The van der Waals surface area contributed by atoms with Gasteiger partial charge in [-0.15, -0.1) is 10.2 Å². The van der Waals surface area contributed by atoms with Gasteiger partial charge in [-0.2, -0.15) is 5.26 Å². The lowest BCUT2D eigenvalue weighted by Crippen LogP contribution is -1.88. The molecule has 0 radical (unpaired) electrons. The standard InChI is InChI=1S/C16H10N4O3S/c17-9-11-4-6-12(7-5-11)10-24-16-19-18-15(23-16)13-2-1-3-14(8-13)20(21)22/h1-8H,10H2. The molecule has 0 aliphatic rings. The molecule has 0 unspecified atom stereocenters. The summed E-state index contributed by atoms with van der Waals surface area (Å²) in [4.78, 5) is 10.3. The summed E-state index contributed by atoms with van der Waals surface area (Å²) in [7, 11) is 0. The third-order valence-electron chi connectivity index (χ3n) is 3.16. The number of thioether (sulfide) groups is 1. The summed E-state index contributed by atoms with van der Waals surface area (Å²) in [6, 6.07) is 15.3. The number of nitro benzene ring substituents is 1. The Morgan fingerprint density at radius 1 is 1.21 bits per heavy atom. The Kier molecular flexibility index (Phi) is 4.54. The minimum atomic E-state index is -0.472. The predicted molar refractivity (Wildman–Crippen MR) is 87.1 cm³/mol. The Hall–Kier alpha value is -3.18. The van der Waals surface area contributed by atoms with Crippen molar-refractivity contribution in [2.45, 2.75) is 11.0 Å². The molecule has 24 heavy (non-hydrogen) atoms. The molecule has 0 saturated carbocycles. The van der Waals surface area contributed by atoms with Gasteiger partial charge in [0.05, 0.1) is 16.6 Å². The largest absolute Gasteiger partial charge is 0.411 e. The van der Waals surface area contributed by atoms with Crippen molar-refractivity contribution in [3.05, 3.63) is 69.8 Å². The minimum absolute atomic E-state index is 0.0301.